The molecule has 25 nitrogen and oxygen atoms in total. The number of aromatic nitrogens is 6. The maximum atomic E-state index is 14.4. The molecule has 682 valence electrons. The number of carbonyl (C=O) groups is 1. The lowest BCUT2D eigenvalue weighted by Gasteiger charge is -2.32. The number of alkyl halides is 14. The summed E-state index contributed by atoms with van der Waals surface area (Å²) in [5.74, 6) is -9.42. The smallest absolute Gasteiger partial charge is 0.293 e. The molecule has 6 aliphatic heterocycles. The second-order valence-electron chi connectivity index (χ2n) is 30.6. The van der Waals surface area contributed by atoms with Crippen LogP contribution in [-0.2, 0) is 61.9 Å². The van der Waals surface area contributed by atoms with Gasteiger partial charge in [0, 0.05) is 47.0 Å². The molecule has 1 aromatic carbocycles. The van der Waals surface area contributed by atoms with Gasteiger partial charge in [0.2, 0.25) is 0 Å². The number of hydrogen-bond donors (Lipinski definition) is 7. The fraction of sp³-hybridized carbons (Fsp3) is 0.447. The lowest BCUT2D eigenvalue weighted by atomic mass is 9.88. The molecule has 8 fully saturated rings. The topological polar surface area (TPSA) is 360 Å². The van der Waals surface area contributed by atoms with Crippen LogP contribution in [0.25, 0.3) is 0 Å². The molecule has 127 heavy (non-hydrogen) atoms. The van der Waals surface area contributed by atoms with Crippen molar-refractivity contribution in [3.63, 3.8) is 0 Å². The fourth-order valence-electron chi connectivity index (χ4n) is 15.7. The fourth-order valence-corrected chi connectivity index (χ4v) is 17.6. The van der Waals surface area contributed by atoms with Crippen molar-refractivity contribution in [2.75, 3.05) is 0 Å². The van der Waals surface area contributed by atoms with Gasteiger partial charge in [0.1, 0.15) is 138 Å². The number of amidine groups is 4. The molecule has 20 atom stereocenters. The van der Waals surface area contributed by atoms with Crippen LogP contribution >= 0.6 is 95.6 Å². The molecule has 6 aromatic heterocycles. The van der Waals surface area contributed by atoms with E-state index in [1.54, 1.807) is 30.3 Å². The van der Waals surface area contributed by atoms with Crippen LogP contribution in [0.5, 0.6) is 0 Å². The van der Waals surface area contributed by atoms with Gasteiger partial charge in [-0.1, -0.05) is 23.4 Å². The zero-order valence-corrected chi connectivity index (χ0v) is 73.3. The number of hydroxylamine groups is 1. The number of aliphatic hydroxyl groups excluding tert-OH is 1. The molecule has 0 radical (unpaired) electrons. The summed E-state index contributed by atoms with van der Waals surface area (Å²) in [5.41, 5.74) is 9.53. The number of aliphatic hydroxyl groups is 1. The first-order valence-corrected chi connectivity index (χ1v) is 42.5. The van der Waals surface area contributed by atoms with Crippen molar-refractivity contribution in [3.8, 4) is 0 Å². The number of carbonyl (C=O) groups excluding carboxylic acids is 1. The number of halogens is 26. The van der Waals surface area contributed by atoms with E-state index in [2.05, 4.69) is 166 Å². The van der Waals surface area contributed by atoms with Crippen LogP contribution in [0.1, 0.15) is 89.5 Å². The van der Waals surface area contributed by atoms with Gasteiger partial charge in [0.15, 0.2) is 27.7 Å². The zero-order valence-electron chi connectivity index (χ0n) is 63.7. The minimum atomic E-state index is -3.03. The summed E-state index contributed by atoms with van der Waals surface area (Å²) in [6.45, 7) is 0. The van der Waals surface area contributed by atoms with E-state index >= 15 is 0 Å². The average molecular weight is 2200 g/mol. The second-order valence-corrected chi connectivity index (χ2v) is 35.5. The number of fused-ring (bicyclic) bond motifs is 6. The number of nitrogens with one attached hydrogen (secondary N) is 2. The molecule has 51 heteroatoms. The molecule has 1 amide bonds. The van der Waals surface area contributed by atoms with Crippen LogP contribution in [0.4, 0.5) is 87.8 Å². The summed E-state index contributed by atoms with van der Waals surface area (Å²) in [5, 5.41) is 14.9. The molecule has 0 bridgehead atoms. The number of pyridine rings is 6. The average Bonchev–Trinajstić information content (AvgIpc) is 1.57. The van der Waals surface area contributed by atoms with Gasteiger partial charge in [-0.05, 0) is 225 Å². The molecule has 20 rings (SSSR count). The van der Waals surface area contributed by atoms with Gasteiger partial charge < -0.3 is 51.8 Å². The first-order valence-electron chi connectivity index (χ1n) is 37.7. The maximum Gasteiger partial charge on any atom is 0.293 e. The Bertz CT molecular complexity index is 5260. The lowest BCUT2D eigenvalue weighted by molar-refractivity contribution is -0.0587. The van der Waals surface area contributed by atoms with Gasteiger partial charge in [0.25, 0.3) is 75.0 Å². The van der Waals surface area contributed by atoms with Crippen LogP contribution in [0.3, 0.4) is 0 Å². The molecule has 6 unspecified atom stereocenters. The predicted octanol–water partition coefficient (Wildman–Crippen LogP) is 15.4. The lowest BCUT2D eigenvalue weighted by Crippen LogP contribution is -2.48. The number of nitrogens with zero attached hydrogens (tertiary/aromatic N) is 11. The number of oxime groups is 1. The predicted molar refractivity (Wildman–Crippen MR) is 426 cm³/mol. The minimum absolute atomic E-state index is 0.00556. The number of nitrogens with two attached hydrogens (primary N) is 4. The summed E-state index contributed by atoms with van der Waals surface area (Å²) >= 11 is 18.3. The Balaban J connectivity index is 0.000000122. The Morgan fingerprint density at radius 2 is 0.780 bits per heavy atom. The van der Waals surface area contributed by atoms with Crippen molar-refractivity contribution in [1.82, 2.24) is 40.7 Å². The number of aliphatic imine (C=N–C) groups is 4. The van der Waals surface area contributed by atoms with Crippen LogP contribution in [0.15, 0.2) is 156 Å². The van der Waals surface area contributed by atoms with Crippen LogP contribution < -0.4 is 33.7 Å². The molecule has 13 aliphatic rings. The molecule has 11 N–H and O–H groups in total. The van der Waals surface area contributed by atoms with Crippen molar-refractivity contribution in [2.24, 2.45) is 89.5 Å². The van der Waals surface area contributed by atoms with Crippen LogP contribution in [-0.4, -0.2) is 158 Å². The van der Waals surface area contributed by atoms with E-state index in [4.69, 9.17) is 46.7 Å². The molecule has 0 spiro atoms. The number of amides is 1. The number of benzene rings is 1. The molecule has 12 heterocycles. The maximum absolute atomic E-state index is 14.4. The minimum Gasteiger partial charge on any atom is -0.462 e. The van der Waals surface area contributed by atoms with Gasteiger partial charge in [-0.15, -0.1) is 0 Å². The standard InChI is InChI=1S/C18H13BrF3N3O2.3C11H9BrF3N3O.C10H8BrF3N2O.C10H10BrF3N2O.C5H5F2NO/c19-13-7-6-11(20)14(23-13)18(16(21)22)10-8-12(10)27-17(25-18)24-15(26)9-4-2-1-3-5-9;3*12-7-2-1-5(13)8(17-7)11(9(14)15)4-3-6(4)19-10(16)18-11;11-7-2-1-5(12)8(15-7)10(9(13)14)4-3-6(4)17-16-10;11-7-2-1-5(12)8(16-7)10(15,9(13)14)4-3-6(4)17;6-5(7)4-2-1-3(2)9-8-4/h1-7,10,12,16H,8H2,(H,24,25,26);3*1-2,4,6,9H,3H2,(H2,16,18);1-2,4,6,9,16H,3H2;1-2,4,6,9,17H,3,15H2;2-3,5H,1H2/t10-,12?,18-;4-,6?,11?;2*4-,6+,11-;4-,6+,10-;4-,6?,10-;/m001000./s1. The van der Waals surface area contributed by atoms with Gasteiger partial charge in [0.05, 0.1) is 12.2 Å². The molecule has 7 aliphatic carbocycles. The van der Waals surface area contributed by atoms with E-state index in [9.17, 15) is 97.7 Å². The number of hydrogen-bond acceptors (Lipinski definition) is 24. The van der Waals surface area contributed by atoms with Crippen molar-refractivity contribution in [1.29, 1.82) is 0 Å². The highest BCUT2D eigenvalue weighted by atomic mass is 79.9. The van der Waals surface area contributed by atoms with Crippen LogP contribution in [0.2, 0.25) is 0 Å². The van der Waals surface area contributed by atoms with E-state index in [0.717, 1.165) is 42.8 Å². The van der Waals surface area contributed by atoms with Gasteiger partial charge in [-0.3, -0.25) is 14.9 Å². The summed E-state index contributed by atoms with van der Waals surface area (Å²) in [6, 6.07) is 21.3. The SMILES string of the molecule is FC(F)C1=NOC2CC12.Fc1ccc(Br)nc1[C@@]1(C(F)F)NO[C@@H]2C[C@@H]21.NC1=NC(c2nc(Br)ccc2F)(C(F)F)[C@H]2CC2O1.NC1=N[C@@](c2nc(Br)ccc2F)(C(F)F)[C@H]2C[C@H]2O1.NC1=N[C@](c2nc(Br)ccc2F)(C(F)F)[C@@H]2C[C@@H]2O1.N[C@@](c1nc(Br)ccc1F)(C(F)F)[C@H]1CC1O.O=C(NC1=N[C@@](c2nc(Br)ccc2F)(C(F)F)[C@H]2CC2O1)c1ccccc1. The highest BCUT2D eigenvalue weighted by Crippen LogP contribution is 2.61. The largest absolute Gasteiger partial charge is 0.462 e. The highest BCUT2D eigenvalue weighted by molar-refractivity contribution is 9.11. The Hall–Kier alpha value is -8.34. The van der Waals surface area contributed by atoms with E-state index in [0.29, 0.717) is 35.8 Å². The summed E-state index contributed by atoms with van der Waals surface area (Å²) < 4.78 is 292. The molecule has 7 aromatic rings. The quantitative estimate of drug-likeness (QED) is 0.0370. The third-order valence-electron chi connectivity index (χ3n) is 22.6. The van der Waals surface area contributed by atoms with E-state index in [1.165, 1.54) is 36.4 Å². The Labute approximate surface area is 754 Å². The van der Waals surface area contributed by atoms with Gasteiger partial charge in [-0.25, -0.2) is 138 Å². The van der Waals surface area contributed by atoms with Gasteiger partial charge in [-0.2, -0.15) is 5.48 Å². The normalized spacial score (nSPS) is 31.2. The summed E-state index contributed by atoms with van der Waals surface area (Å²) in [4.78, 5) is 60.0. The summed E-state index contributed by atoms with van der Waals surface area (Å²) in [6.07, 6.45) is -20.3. The van der Waals surface area contributed by atoms with E-state index < -0.39 is 214 Å². The van der Waals surface area contributed by atoms with Crippen molar-refractivity contribution in [2.45, 2.75) is 166 Å². The zero-order chi connectivity index (χ0) is 92.0. The molecule has 1 saturated heterocycles. The third kappa shape index (κ3) is 18.6. The van der Waals surface area contributed by atoms with Gasteiger partial charge >= 0.3 is 0 Å². The first-order chi connectivity index (χ1) is 60.0. The number of rotatable bonds is 15. The van der Waals surface area contributed by atoms with Crippen molar-refractivity contribution in [3.05, 3.63) is 205 Å². The van der Waals surface area contributed by atoms with Crippen molar-refractivity contribution >= 4 is 131 Å². The Morgan fingerprint density at radius 3 is 1.09 bits per heavy atom. The van der Waals surface area contributed by atoms with E-state index in [1.807, 2.05) is 0 Å². The molecular weight excluding hydrogens is 2140 g/mol. The van der Waals surface area contributed by atoms with Crippen molar-refractivity contribution < 1.29 is 126 Å². The second kappa shape index (κ2) is 36.8. The molecular formula is C76H63Br6F20N17O8. The van der Waals surface area contributed by atoms with E-state index in [-0.39, 0.29) is 89.5 Å². The molecule has 7 saturated carbocycles. The summed E-state index contributed by atoms with van der Waals surface area (Å²) in [7, 11) is 0. The monoisotopic (exact) mass is 2190 g/mol. The third-order valence-corrected chi connectivity index (χ3v) is 25.3. The Morgan fingerprint density at radius 1 is 0.433 bits per heavy atom. The number of ether oxygens (including phenoxy) is 4. The Kier molecular flexibility index (Phi) is 27.4. The highest BCUT2D eigenvalue weighted by Gasteiger charge is 2.71. The van der Waals surface area contributed by atoms with Crippen LogP contribution in [0, 0.1) is 76.3 Å². The first kappa shape index (κ1) is 94.8.